The molecule has 0 bridgehead atoms. The van der Waals surface area contributed by atoms with E-state index in [-0.39, 0.29) is 30.9 Å². The Morgan fingerprint density at radius 3 is 2.26 bits per heavy atom. The van der Waals surface area contributed by atoms with Crippen LogP contribution in [-0.2, 0) is 19.1 Å². The van der Waals surface area contributed by atoms with E-state index in [0.717, 1.165) is 35.1 Å². The lowest BCUT2D eigenvalue weighted by atomic mass is 9.98. The van der Waals surface area contributed by atoms with Crippen LogP contribution < -0.4 is 10.6 Å². The largest absolute Gasteiger partial charge is 0.481 e. The maximum atomic E-state index is 13.0. The Bertz CT molecular complexity index is 1040. The second kappa shape index (κ2) is 10.9. The molecule has 1 saturated carbocycles. The molecule has 4 rings (SSSR count). The minimum absolute atomic E-state index is 0.00918. The number of carbonyl (C=O) groups excluding carboxylic acids is 2. The summed E-state index contributed by atoms with van der Waals surface area (Å²) in [5.41, 5.74) is 4.48. The number of carbonyl (C=O) groups is 3. The van der Waals surface area contributed by atoms with Gasteiger partial charge in [0.1, 0.15) is 12.6 Å². The van der Waals surface area contributed by atoms with Crippen molar-refractivity contribution in [1.29, 1.82) is 0 Å². The quantitative estimate of drug-likeness (QED) is 0.504. The van der Waals surface area contributed by atoms with Gasteiger partial charge in [-0.15, -0.1) is 0 Å². The first-order chi connectivity index (χ1) is 16.9. The second-order valence-corrected chi connectivity index (χ2v) is 9.29. The summed E-state index contributed by atoms with van der Waals surface area (Å²) in [4.78, 5) is 37.0. The van der Waals surface area contributed by atoms with Crippen LogP contribution in [-0.4, -0.2) is 55.0 Å². The summed E-state index contributed by atoms with van der Waals surface area (Å²) in [6, 6.07) is 14.9. The lowest BCUT2D eigenvalue weighted by Gasteiger charge is -2.27. The Labute approximate surface area is 205 Å². The van der Waals surface area contributed by atoms with Gasteiger partial charge in [0.15, 0.2) is 0 Å². The molecule has 8 nitrogen and oxygen atoms in total. The molecule has 2 aromatic rings. The summed E-state index contributed by atoms with van der Waals surface area (Å²) < 4.78 is 10.9. The van der Waals surface area contributed by atoms with E-state index in [2.05, 4.69) is 22.8 Å². The molecule has 0 aromatic heterocycles. The molecule has 8 heteroatoms. The molecule has 186 valence electrons. The highest BCUT2D eigenvalue weighted by Crippen LogP contribution is 2.44. The predicted octanol–water partition coefficient (Wildman–Crippen LogP) is 3.69. The van der Waals surface area contributed by atoms with Crippen LogP contribution >= 0.6 is 0 Å². The Morgan fingerprint density at radius 2 is 1.66 bits per heavy atom. The lowest BCUT2D eigenvalue weighted by Crippen LogP contribution is -2.55. The average Bonchev–Trinajstić information content (AvgIpc) is 3.41. The van der Waals surface area contributed by atoms with Crippen molar-refractivity contribution in [3.8, 4) is 11.1 Å². The fourth-order valence-corrected chi connectivity index (χ4v) is 5.27. The molecule has 0 aliphatic heterocycles. The number of methoxy groups -OCH3 is 1. The van der Waals surface area contributed by atoms with Gasteiger partial charge in [0.2, 0.25) is 5.91 Å². The van der Waals surface area contributed by atoms with Crippen molar-refractivity contribution in [2.75, 3.05) is 13.7 Å². The standard InChI is InChI=1S/C27H32N2O6/c1-16(34-2)25(26(32)28-23-13-7-8-17(23)14-24(30)31)29-27(33)35-15-22-20-11-5-3-9-18(20)19-10-4-6-12-21(19)22/h3-6,9-12,16-17,22-23,25H,7-8,13-15H2,1-2H3,(H,28,32)(H,29,33)(H,30,31). The maximum Gasteiger partial charge on any atom is 0.407 e. The van der Waals surface area contributed by atoms with Crippen molar-refractivity contribution in [2.24, 2.45) is 5.92 Å². The summed E-state index contributed by atoms with van der Waals surface area (Å²) in [6.07, 6.45) is 1.02. The van der Waals surface area contributed by atoms with E-state index in [0.29, 0.717) is 6.42 Å². The van der Waals surface area contributed by atoms with Gasteiger partial charge in [-0.05, 0) is 47.9 Å². The molecule has 3 N–H and O–H groups in total. The Morgan fingerprint density at radius 1 is 1.03 bits per heavy atom. The van der Waals surface area contributed by atoms with Crippen LogP contribution in [0.2, 0.25) is 0 Å². The molecule has 2 aliphatic carbocycles. The summed E-state index contributed by atoms with van der Waals surface area (Å²) >= 11 is 0. The van der Waals surface area contributed by atoms with E-state index < -0.39 is 30.1 Å². The van der Waals surface area contributed by atoms with Crippen molar-refractivity contribution >= 4 is 18.0 Å². The molecule has 0 saturated heterocycles. The Balaban J connectivity index is 1.40. The first-order valence-electron chi connectivity index (χ1n) is 12.1. The molecule has 0 radical (unpaired) electrons. The van der Waals surface area contributed by atoms with Crippen molar-refractivity contribution in [2.45, 2.75) is 56.7 Å². The predicted molar refractivity (Wildman–Crippen MR) is 130 cm³/mol. The van der Waals surface area contributed by atoms with Crippen LogP contribution in [0.5, 0.6) is 0 Å². The van der Waals surface area contributed by atoms with Crippen LogP contribution in [0.25, 0.3) is 11.1 Å². The van der Waals surface area contributed by atoms with E-state index in [1.165, 1.54) is 7.11 Å². The van der Waals surface area contributed by atoms with Crippen LogP contribution in [0.3, 0.4) is 0 Å². The zero-order chi connectivity index (χ0) is 24.9. The summed E-state index contributed by atoms with van der Waals surface area (Å²) in [5.74, 6) is -1.50. The Kier molecular flexibility index (Phi) is 7.70. The molecule has 2 aliphatic rings. The third-order valence-electron chi connectivity index (χ3n) is 7.16. The summed E-state index contributed by atoms with van der Waals surface area (Å²) in [7, 11) is 1.47. The number of carboxylic acids is 1. The van der Waals surface area contributed by atoms with E-state index in [1.54, 1.807) is 6.92 Å². The minimum Gasteiger partial charge on any atom is -0.481 e. The van der Waals surface area contributed by atoms with Crippen molar-refractivity contribution in [1.82, 2.24) is 10.6 Å². The molecule has 2 amide bonds. The first kappa shape index (κ1) is 24.7. The highest BCUT2D eigenvalue weighted by atomic mass is 16.5. The molecule has 0 heterocycles. The first-order valence-corrected chi connectivity index (χ1v) is 12.1. The Hall–Kier alpha value is -3.39. The number of fused-ring (bicyclic) bond motifs is 3. The van der Waals surface area contributed by atoms with E-state index in [1.807, 2.05) is 36.4 Å². The lowest BCUT2D eigenvalue weighted by molar-refractivity contribution is -0.138. The number of nitrogens with one attached hydrogen (secondary N) is 2. The fourth-order valence-electron chi connectivity index (χ4n) is 5.27. The number of aliphatic carboxylic acids is 1. The molecule has 1 fully saturated rings. The van der Waals surface area contributed by atoms with Crippen molar-refractivity contribution in [3.63, 3.8) is 0 Å². The van der Waals surface area contributed by atoms with Crippen LogP contribution in [0.15, 0.2) is 48.5 Å². The number of hydrogen-bond acceptors (Lipinski definition) is 5. The molecule has 4 unspecified atom stereocenters. The van der Waals surface area contributed by atoms with Gasteiger partial charge in [-0.3, -0.25) is 9.59 Å². The number of amides is 2. The van der Waals surface area contributed by atoms with Gasteiger partial charge in [-0.2, -0.15) is 0 Å². The minimum atomic E-state index is -0.971. The van der Waals surface area contributed by atoms with Crippen LogP contribution in [0, 0.1) is 5.92 Å². The maximum absolute atomic E-state index is 13.0. The molecular formula is C27H32N2O6. The number of rotatable bonds is 9. The van der Waals surface area contributed by atoms with Gasteiger partial charge < -0.3 is 25.2 Å². The smallest absolute Gasteiger partial charge is 0.407 e. The van der Waals surface area contributed by atoms with Gasteiger partial charge in [-0.1, -0.05) is 55.0 Å². The van der Waals surface area contributed by atoms with Gasteiger partial charge in [0.25, 0.3) is 0 Å². The van der Waals surface area contributed by atoms with Gasteiger partial charge in [-0.25, -0.2) is 4.79 Å². The highest BCUT2D eigenvalue weighted by Gasteiger charge is 2.35. The number of carboxylic acid groups (broad SMARTS) is 1. The molecule has 35 heavy (non-hydrogen) atoms. The highest BCUT2D eigenvalue weighted by molar-refractivity contribution is 5.86. The number of ether oxygens (including phenoxy) is 2. The molecular weight excluding hydrogens is 448 g/mol. The second-order valence-electron chi connectivity index (χ2n) is 9.29. The molecule has 2 aromatic carbocycles. The van der Waals surface area contributed by atoms with Gasteiger partial charge >= 0.3 is 12.1 Å². The topological polar surface area (TPSA) is 114 Å². The normalized spacial score (nSPS) is 20.4. The molecule has 4 atom stereocenters. The van der Waals surface area contributed by atoms with Gasteiger partial charge in [0, 0.05) is 19.1 Å². The summed E-state index contributed by atoms with van der Waals surface area (Å²) in [5, 5.41) is 14.7. The van der Waals surface area contributed by atoms with Crippen LogP contribution in [0.1, 0.15) is 49.7 Å². The fraction of sp³-hybridized carbons (Fsp3) is 0.444. The summed E-state index contributed by atoms with van der Waals surface area (Å²) in [6.45, 7) is 1.83. The third kappa shape index (κ3) is 5.48. The zero-order valence-corrected chi connectivity index (χ0v) is 20.0. The van der Waals surface area contributed by atoms with Crippen molar-refractivity contribution in [3.05, 3.63) is 59.7 Å². The number of benzene rings is 2. The van der Waals surface area contributed by atoms with E-state index in [4.69, 9.17) is 14.6 Å². The van der Waals surface area contributed by atoms with E-state index in [9.17, 15) is 14.4 Å². The third-order valence-corrected chi connectivity index (χ3v) is 7.16. The zero-order valence-electron chi connectivity index (χ0n) is 20.0. The average molecular weight is 481 g/mol. The van der Waals surface area contributed by atoms with Crippen molar-refractivity contribution < 1.29 is 29.0 Å². The van der Waals surface area contributed by atoms with Crippen LogP contribution in [0.4, 0.5) is 4.79 Å². The van der Waals surface area contributed by atoms with Gasteiger partial charge in [0.05, 0.1) is 12.5 Å². The monoisotopic (exact) mass is 480 g/mol. The SMILES string of the molecule is COC(C)C(NC(=O)OCC1c2ccccc2-c2ccccc21)C(=O)NC1CCCC1CC(=O)O. The number of alkyl carbamates (subject to hydrolysis) is 1. The van der Waals surface area contributed by atoms with E-state index >= 15 is 0 Å². The number of hydrogen-bond donors (Lipinski definition) is 3. The molecule has 0 spiro atoms.